The summed E-state index contributed by atoms with van der Waals surface area (Å²) >= 11 is 0. The fraction of sp³-hybridized carbons (Fsp3) is 0.400. The molecule has 0 radical (unpaired) electrons. The maximum absolute atomic E-state index is 12.8. The van der Waals surface area contributed by atoms with Gasteiger partial charge in [0.25, 0.3) is 5.91 Å². The van der Waals surface area contributed by atoms with Crippen LogP contribution in [0.1, 0.15) is 34.3 Å². The molecule has 0 bridgehead atoms. The molecule has 2 aromatic rings. The van der Waals surface area contributed by atoms with Gasteiger partial charge in [0.2, 0.25) is 0 Å². The van der Waals surface area contributed by atoms with Crippen molar-refractivity contribution in [2.45, 2.75) is 31.8 Å². The number of aromatic nitrogens is 1. The van der Waals surface area contributed by atoms with E-state index in [4.69, 9.17) is 0 Å². The first-order valence-corrected chi connectivity index (χ1v) is 8.71. The number of carbonyl (C=O) groups is 1. The van der Waals surface area contributed by atoms with E-state index >= 15 is 0 Å². The smallest absolute Gasteiger partial charge is 0.257 e. The fourth-order valence-corrected chi connectivity index (χ4v) is 3.45. The molecule has 1 aromatic heterocycles. The SMILES string of the molecule is CNc1ncccc1C(=O)N1CCC(O)(Cc2cccc(C)c2)CC1. The average Bonchev–Trinajstić information content (AvgIpc) is 2.61. The van der Waals surface area contributed by atoms with Crippen LogP contribution in [0.15, 0.2) is 42.6 Å². The molecule has 5 heteroatoms. The second-order valence-electron chi connectivity index (χ2n) is 6.83. The number of carbonyl (C=O) groups excluding carboxylic acids is 1. The highest BCUT2D eigenvalue weighted by molar-refractivity contribution is 5.98. The van der Waals surface area contributed by atoms with Crippen LogP contribution in [0, 0.1) is 6.92 Å². The van der Waals surface area contributed by atoms with Gasteiger partial charge in [-0.15, -0.1) is 0 Å². The first-order valence-electron chi connectivity index (χ1n) is 8.71. The van der Waals surface area contributed by atoms with Crippen molar-refractivity contribution < 1.29 is 9.90 Å². The molecular weight excluding hydrogens is 314 g/mol. The number of aliphatic hydroxyl groups is 1. The molecular formula is C20H25N3O2. The Kier molecular flexibility index (Phi) is 5.04. The van der Waals surface area contributed by atoms with Crippen molar-refractivity contribution in [1.29, 1.82) is 0 Å². The zero-order chi connectivity index (χ0) is 17.9. The van der Waals surface area contributed by atoms with Crippen molar-refractivity contribution in [1.82, 2.24) is 9.88 Å². The van der Waals surface area contributed by atoms with Gasteiger partial charge in [-0.1, -0.05) is 29.8 Å². The Bertz CT molecular complexity index is 752. The third kappa shape index (κ3) is 3.99. The lowest BCUT2D eigenvalue weighted by Crippen LogP contribution is -2.47. The number of amides is 1. The van der Waals surface area contributed by atoms with E-state index in [0.717, 1.165) is 5.56 Å². The lowest BCUT2D eigenvalue weighted by Gasteiger charge is -2.38. The van der Waals surface area contributed by atoms with Crippen LogP contribution in [0.5, 0.6) is 0 Å². The van der Waals surface area contributed by atoms with Crippen LogP contribution < -0.4 is 5.32 Å². The highest BCUT2D eigenvalue weighted by Gasteiger charge is 2.34. The normalized spacial score (nSPS) is 16.5. The summed E-state index contributed by atoms with van der Waals surface area (Å²) in [6.07, 6.45) is 3.47. The first kappa shape index (κ1) is 17.4. The topological polar surface area (TPSA) is 65.5 Å². The number of nitrogens with zero attached hydrogens (tertiary/aromatic N) is 2. The van der Waals surface area contributed by atoms with Gasteiger partial charge in [-0.25, -0.2) is 4.98 Å². The fourth-order valence-electron chi connectivity index (χ4n) is 3.45. The van der Waals surface area contributed by atoms with E-state index in [1.54, 1.807) is 25.4 Å². The minimum Gasteiger partial charge on any atom is -0.389 e. The zero-order valence-electron chi connectivity index (χ0n) is 14.8. The van der Waals surface area contributed by atoms with Gasteiger partial charge in [-0.2, -0.15) is 0 Å². The Labute approximate surface area is 148 Å². The van der Waals surface area contributed by atoms with Crippen molar-refractivity contribution in [2.75, 3.05) is 25.5 Å². The van der Waals surface area contributed by atoms with E-state index in [-0.39, 0.29) is 5.91 Å². The summed E-state index contributed by atoms with van der Waals surface area (Å²) in [7, 11) is 1.76. The number of rotatable bonds is 4. The highest BCUT2D eigenvalue weighted by atomic mass is 16.3. The summed E-state index contributed by atoms with van der Waals surface area (Å²) in [6.45, 7) is 3.17. The molecule has 1 saturated heterocycles. The van der Waals surface area contributed by atoms with E-state index in [9.17, 15) is 9.90 Å². The van der Waals surface area contributed by atoms with Gasteiger partial charge < -0.3 is 15.3 Å². The van der Waals surface area contributed by atoms with Gasteiger partial charge >= 0.3 is 0 Å². The second-order valence-corrected chi connectivity index (χ2v) is 6.83. The van der Waals surface area contributed by atoms with Crippen molar-refractivity contribution in [3.05, 3.63) is 59.3 Å². The maximum atomic E-state index is 12.8. The molecule has 3 rings (SSSR count). The molecule has 132 valence electrons. The van der Waals surface area contributed by atoms with Crippen LogP contribution >= 0.6 is 0 Å². The molecule has 0 saturated carbocycles. The standard InChI is InChI=1S/C20H25N3O2/c1-15-5-3-6-16(13-15)14-20(25)8-11-23(12-9-20)19(24)17-7-4-10-22-18(17)21-2/h3-7,10,13,25H,8-9,11-12,14H2,1-2H3,(H,21,22). The summed E-state index contributed by atoms with van der Waals surface area (Å²) in [5.74, 6) is 0.558. The van der Waals surface area contributed by atoms with Crippen molar-refractivity contribution >= 4 is 11.7 Å². The minimum atomic E-state index is -0.745. The number of likely N-dealkylation sites (tertiary alicyclic amines) is 1. The number of hydrogen-bond donors (Lipinski definition) is 2. The third-order valence-electron chi connectivity index (χ3n) is 4.87. The van der Waals surface area contributed by atoms with Gasteiger partial charge in [0, 0.05) is 32.8 Å². The number of anilines is 1. The molecule has 1 amide bonds. The Balaban J connectivity index is 1.65. The van der Waals surface area contributed by atoms with Gasteiger partial charge in [0.1, 0.15) is 5.82 Å². The van der Waals surface area contributed by atoms with Gasteiger partial charge in [-0.3, -0.25) is 4.79 Å². The van der Waals surface area contributed by atoms with E-state index in [0.29, 0.717) is 43.7 Å². The lowest BCUT2D eigenvalue weighted by molar-refractivity contribution is -0.0162. The molecule has 1 aliphatic heterocycles. The Morgan fingerprint density at radius 1 is 1.28 bits per heavy atom. The molecule has 0 aliphatic carbocycles. The molecule has 2 N–H and O–H groups in total. The Hall–Kier alpha value is -2.40. The largest absolute Gasteiger partial charge is 0.389 e. The van der Waals surface area contributed by atoms with E-state index in [1.807, 2.05) is 11.0 Å². The van der Waals surface area contributed by atoms with Crippen LogP contribution in [0.4, 0.5) is 5.82 Å². The number of piperidine rings is 1. The summed E-state index contributed by atoms with van der Waals surface area (Å²) in [5.41, 5.74) is 2.18. The predicted octanol–water partition coefficient (Wildman–Crippen LogP) is 2.64. The lowest BCUT2D eigenvalue weighted by atomic mass is 9.85. The van der Waals surface area contributed by atoms with Crippen molar-refractivity contribution in [3.8, 4) is 0 Å². The predicted molar refractivity (Wildman–Crippen MR) is 98.8 cm³/mol. The number of nitrogens with one attached hydrogen (secondary N) is 1. The summed E-state index contributed by atoms with van der Waals surface area (Å²) in [5, 5.41) is 13.9. The third-order valence-corrected chi connectivity index (χ3v) is 4.87. The van der Waals surface area contributed by atoms with Crippen molar-refractivity contribution in [2.24, 2.45) is 0 Å². The maximum Gasteiger partial charge on any atom is 0.257 e. The van der Waals surface area contributed by atoms with Gasteiger partial charge in [-0.05, 0) is 37.5 Å². The highest BCUT2D eigenvalue weighted by Crippen LogP contribution is 2.28. The van der Waals surface area contributed by atoms with Gasteiger partial charge in [0.05, 0.1) is 11.2 Å². The molecule has 0 atom stereocenters. The van der Waals surface area contributed by atoms with Crippen LogP contribution in [-0.4, -0.2) is 46.6 Å². The van der Waals surface area contributed by atoms with Crippen molar-refractivity contribution in [3.63, 3.8) is 0 Å². The Morgan fingerprint density at radius 3 is 2.72 bits per heavy atom. The number of aryl methyl sites for hydroxylation is 1. The monoisotopic (exact) mass is 339 g/mol. The molecule has 0 spiro atoms. The Morgan fingerprint density at radius 2 is 2.04 bits per heavy atom. The molecule has 0 unspecified atom stereocenters. The van der Waals surface area contributed by atoms with Gasteiger partial charge in [0.15, 0.2) is 0 Å². The molecule has 25 heavy (non-hydrogen) atoms. The molecule has 1 aromatic carbocycles. The summed E-state index contributed by atoms with van der Waals surface area (Å²) in [4.78, 5) is 18.8. The molecule has 2 heterocycles. The average molecular weight is 339 g/mol. The second kappa shape index (κ2) is 7.23. The minimum absolute atomic E-state index is 0.0324. The van der Waals surface area contributed by atoms with E-state index < -0.39 is 5.60 Å². The van der Waals surface area contributed by atoms with Crippen LogP contribution in [0.25, 0.3) is 0 Å². The number of benzene rings is 1. The summed E-state index contributed by atoms with van der Waals surface area (Å²) in [6, 6.07) is 11.8. The first-order chi connectivity index (χ1) is 12.0. The summed E-state index contributed by atoms with van der Waals surface area (Å²) < 4.78 is 0. The molecule has 1 fully saturated rings. The number of pyridine rings is 1. The van der Waals surface area contributed by atoms with E-state index in [2.05, 4.69) is 35.4 Å². The van der Waals surface area contributed by atoms with Crippen LogP contribution in [0.2, 0.25) is 0 Å². The van der Waals surface area contributed by atoms with E-state index in [1.165, 1.54) is 5.56 Å². The zero-order valence-corrected chi connectivity index (χ0v) is 14.8. The van der Waals surface area contributed by atoms with Crippen LogP contribution in [0.3, 0.4) is 0 Å². The quantitative estimate of drug-likeness (QED) is 0.899. The molecule has 5 nitrogen and oxygen atoms in total. The molecule has 1 aliphatic rings. The van der Waals surface area contributed by atoms with Crippen LogP contribution in [-0.2, 0) is 6.42 Å². The number of hydrogen-bond acceptors (Lipinski definition) is 4.